The van der Waals surface area contributed by atoms with Crippen LogP contribution >= 0.6 is 0 Å². The predicted octanol–water partition coefficient (Wildman–Crippen LogP) is 1.70. The summed E-state index contributed by atoms with van der Waals surface area (Å²) >= 11 is 0. The molecule has 0 radical (unpaired) electrons. The third-order valence-corrected chi connectivity index (χ3v) is 6.95. The normalized spacial score (nSPS) is 25.2. The molecule has 0 bridgehead atoms. The van der Waals surface area contributed by atoms with Crippen LogP contribution in [0.2, 0.25) is 0 Å². The summed E-state index contributed by atoms with van der Waals surface area (Å²) < 4.78 is 0. The van der Waals surface area contributed by atoms with Crippen LogP contribution in [0.3, 0.4) is 0 Å². The number of nitrogens with one attached hydrogen (secondary N) is 1. The van der Waals surface area contributed by atoms with Crippen LogP contribution in [0, 0.1) is 0 Å². The van der Waals surface area contributed by atoms with Gasteiger partial charge in [0.2, 0.25) is 11.9 Å². The van der Waals surface area contributed by atoms with E-state index in [4.69, 9.17) is 5.73 Å². The Kier molecular flexibility index (Phi) is 5.77. The number of benzene rings is 1. The number of likely N-dealkylation sites (N-methyl/N-ethyl adjacent to an activating group) is 1. The Balaban J connectivity index is 1.48. The van der Waals surface area contributed by atoms with Crippen LogP contribution in [0.1, 0.15) is 31.2 Å². The van der Waals surface area contributed by atoms with Gasteiger partial charge in [0.05, 0.1) is 36.7 Å². The fourth-order valence-corrected chi connectivity index (χ4v) is 5.04. The summed E-state index contributed by atoms with van der Waals surface area (Å²) in [6.45, 7) is 0.617. The van der Waals surface area contributed by atoms with Gasteiger partial charge in [-0.15, -0.1) is 0 Å². The van der Waals surface area contributed by atoms with Crippen molar-refractivity contribution in [2.45, 2.75) is 36.8 Å². The molecular weight excluding hydrogens is 406 g/mol. The minimum absolute atomic E-state index is 0.0274. The molecule has 32 heavy (non-hydrogen) atoms. The smallest absolute Gasteiger partial charge is 0.322 e. The number of carbonyl (C=O) groups is 2. The van der Waals surface area contributed by atoms with Crippen molar-refractivity contribution in [3.8, 4) is 0 Å². The first kappa shape index (κ1) is 22.0. The Morgan fingerprint density at radius 1 is 1.09 bits per heavy atom. The molecule has 1 saturated heterocycles. The van der Waals surface area contributed by atoms with Gasteiger partial charge in [-0.3, -0.25) is 14.6 Å². The van der Waals surface area contributed by atoms with Gasteiger partial charge in [0.1, 0.15) is 0 Å². The van der Waals surface area contributed by atoms with Crippen LogP contribution in [0.25, 0.3) is 0 Å². The summed E-state index contributed by atoms with van der Waals surface area (Å²) in [6, 6.07) is 10.5. The first-order valence-corrected chi connectivity index (χ1v) is 10.9. The molecule has 2 heterocycles. The van der Waals surface area contributed by atoms with Gasteiger partial charge in [-0.05, 0) is 45.3 Å². The molecule has 1 aromatic carbocycles. The summed E-state index contributed by atoms with van der Waals surface area (Å²) in [5.41, 5.74) is 6.91. The number of nitrogens with zero attached hydrogens (tertiary/aromatic N) is 5. The molecule has 9 nitrogen and oxygen atoms in total. The third-order valence-electron chi connectivity index (χ3n) is 6.95. The van der Waals surface area contributed by atoms with Crippen LogP contribution in [0.4, 0.5) is 16.4 Å². The second-order valence-electron chi connectivity index (χ2n) is 9.15. The average Bonchev–Trinajstić information content (AvgIpc) is 3.10. The second-order valence-corrected chi connectivity index (χ2v) is 9.15. The van der Waals surface area contributed by atoms with Crippen LogP contribution in [0.15, 0.2) is 42.7 Å². The molecule has 0 unspecified atom stereocenters. The lowest BCUT2D eigenvalue weighted by Gasteiger charge is -2.48. The van der Waals surface area contributed by atoms with Gasteiger partial charge < -0.3 is 16.0 Å². The SMILES string of the molecule is CN(CC(N)=O)c1ncc(N2C[C@]3(CC[C@](c4ccccc4)(N(C)C)CC3)NC2=O)cn1. The number of rotatable bonds is 6. The highest BCUT2D eigenvalue weighted by Gasteiger charge is 2.50. The number of hydrogen-bond acceptors (Lipinski definition) is 6. The number of nitrogens with two attached hydrogens (primary N) is 1. The molecule has 1 aliphatic carbocycles. The fraction of sp³-hybridized carbons (Fsp3) is 0.478. The van der Waals surface area contributed by atoms with Crippen molar-refractivity contribution in [3.63, 3.8) is 0 Å². The van der Waals surface area contributed by atoms with Gasteiger partial charge in [-0.1, -0.05) is 30.3 Å². The van der Waals surface area contributed by atoms with E-state index in [-0.39, 0.29) is 23.7 Å². The Morgan fingerprint density at radius 2 is 1.72 bits per heavy atom. The Labute approximate surface area is 188 Å². The van der Waals surface area contributed by atoms with Gasteiger partial charge >= 0.3 is 6.03 Å². The molecule has 170 valence electrons. The molecule has 1 aliphatic heterocycles. The minimum atomic E-state index is -0.456. The first-order chi connectivity index (χ1) is 15.2. The molecule has 3 N–H and O–H groups in total. The number of primary amides is 1. The molecule has 2 fully saturated rings. The van der Waals surface area contributed by atoms with Gasteiger partial charge in [0.25, 0.3) is 0 Å². The number of anilines is 2. The molecule has 3 amide bonds. The highest BCUT2D eigenvalue weighted by atomic mass is 16.2. The third kappa shape index (κ3) is 4.00. The maximum atomic E-state index is 12.9. The number of aromatic nitrogens is 2. The van der Waals surface area contributed by atoms with E-state index in [0.29, 0.717) is 18.2 Å². The van der Waals surface area contributed by atoms with E-state index in [0.717, 1.165) is 25.7 Å². The molecule has 1 saturated carbocycles. The number of amides is 3. The lowest BCUT2D eigenvalue weighted by Crippen LogP contribution is -2.54. The Bertz CT molecular complexity index is 970. The largest absolute Gasteiger partial charge is 0.368 e. The van der Waals surface area contributed by atoms with Gasteiger partial charge in [0, 0.05) is 12.6 Å². The van der Waals surface area contributed by atoms with Crippen LogP contribution in [0.5, 0.6) is 0 Å². The second kappa shape index (κ2) is 8.38. The topological polar surface area (TPSA) is 108 Å². The first-order valence-electron chi connectivity index (χ1n) is 10.9. The van der Waals surface area contributed by atoms with E-state index in [2.05, 4.69) is 58.5 Å². The molecule has 2 aliphatic rings. The van der Waals surface area contributed by atoms with E-state index >= 15 is 0 Å². The van der Waals surface area contributed by atoms with Crippen molar-refractivity contribution >= 4 is 23.6 Å². The molecule has 1 spiro atoms. The molecule has 2 aromatic rings. The number of carbonyl (C=O) groups excluding carboxylic acids is 2. The zero-order valence-electron chi connectivity index (χ0n) is 18.9. The van der Waals surface area contributed by atoms with Crippen LogP contribution in [-0.2, 0) is 10.3 Å². The summed E-state index contributed by atoms with van der Waals surface area (Å²) in [7, 11) is 5.97. The standard InChI is InChI=1S/C23H31N7O2/c1-28(2)23(17-7-5-4-6-8-17)11-9-22(10-12-23)16-30(21(32)27-22)18-13-25-20(26-14-18)29(3)15-19(24)31/h4-8,13-14H,9-12,15-16H2,1-3H3,(H2,24,31)(H,27,32)/t22-,23+. The average molecular weight is 438 g/mol. The van der Waals surface area contributed by atoms with Crippen molar-refractivity contribution in [2.24, 2.45) is 5.73 Å². The summed E-state index contributed by atoms with van der Waals surface area (Å²) in [5.74, 6) is -0.0687. The Hall–Kier alpha value is -3.20. The maximum Gasteiger partial charge on any atom is 0.322 e. The minimum Gasteiger partial charge on any atom is -0.368 e. The van der Waals surface area contributed by atoms with Crippen LogP contribution < -0.4 is 20.9 Å². The summed E-state index contributed by atoms with van der Waals surface area (Å²) in [6.07, 6.45) is 6.95. The predicted molar refractivity (Wildman–Crippen MR) is 123 cm³/mol. The van der Waals surface area contributed by atoms with Crippen molar-refractivity contribution < 1.29 is 9.59 Å². The molecular formula is C23H31N7O2. The lowest BCUT2D eigenvalue weighted by atomic mass is 9.69. The van der Waals surface area contributed by atoms with E-state index < -0.39 is 5.91 Å². The van der Waals surface area contributed by atoms with E-state index in [9.17, 15) is 9.59 Å². The van der Waals surface area contributed by atoms with E-state index in [1.54, 1.807) is 29.2 Å². The Morgan fingerprint density at radius 3 is 2.28 bits per heavy atom. The van der Waals surface area contributed by atoms with E-state index in [1.807, 2.05) is 6.07 Å². The maximum absolute atomic E-state index is 12.9. The summed E-state index contributed by atoms with van der Waals surface area (Å²) in [4.78, 5) is 38.2. The van der Waals surface area contributed by atoms with Crippen molar-refractivity contribution in [1.29, 1.82) is 0 Å². The highest BCUT2D eigenvalue weighted by molar-refractivity contribution is 5.95. The fourth-order valence-electron chi connectivity index (χ4n) is 5.04. The van der Waals surface area contributed by atoms with Crippen molar-refractivity contribution in [1.82, 2.24) is 20.2 Å². The van der Waals surface area contributed by atoms with E-state index in [1.165, 1.54) is 5.56 Å². The number of hydrogen-bond donors (Lipinski definition) is 2. The quantitative estimate of drug-likeness (QED) is 0.712. The van der Waals surface area contributed by atoms with Crippen LogP contribution in [-0.4, -0.2) is 66.6 Å². The van der Waals surface area contributed by atoms with Crippen molar-refractivity contribution in [2.75, 3.05) is 44.0 Å². The van der Waals surface area contributed by atoms with Crippen molar-refractivity contribution in [3.05, 3.63) is 48.3 Å². The number of urea groups is 1. The molecule has 4 rings (SSSR count). The zero-order valence-corrected chi connectivity index (χ0v) is 18.9. The molecule has 0 atom stereocenters. The zero-order chi connectivity index (χ0) is 22.9. The monoisotopic (exact) mass is 437 g/mol. The van der Waals surface area contributed by atoms with Gasteiger partial charge in [0.15, 0.2) is 0 Å². The lowest BCUT2D eigenvalue weighted by molar-refractivity contribution is -0.116. The van der Waals surface area contributed by atoms with Gasteiger partial charge in [-0.25, -0.2) is 14.8 Å². The molecule has 1 aromatic heterocycles. The summed E-state index contributed by atoms with van der Waals surface area (Å²) in [5, 5.41) is 3.25. The molecule has 9 heteroatoms. The van der Waals surface area contributed by atoms with Gasteiger partial charge in [-0.2, -0.15) is 0 Å². The highest BCUT2D eigenvalue weighted by Crippen LogP contribution is 2.46.